The van der Waals surface area contributed by atoms with E-state index in [4.69, 9.17) is 0 Å². The average molecular weight is 199 g/mol. The third kappa shape index (κ3) is 1.06. The Morgan fingerprint density at radius 1 is 1.00 bits per heavy atom. The number of benzene rings is 1. The van der Waals surface area contributed by atoms with E-state index in [0.717, 1.165) is 17.5 Å². The van der Waals surface area contributed by atoms with Gasteiger partial charge < -0.3 is 0 Å². The van der Waals surface area contributed by atoms with Crippen LogP contribution in [0.5, 0.6) is 0 Å². The van der Waals surface area contributed by atoms with Crippen LogP contribution in [-0.2, 0) is 16.0 Å². The third-order valence-electron chi connectivity index (χ3n) is 2.96. The van der Waals surface area contributed by atoms with Gasteiger partial charge in [-0.15, -0.1) is 0 Å². The van der Waals surface area contributed by atoms with Gasteiger partial charge in [0.25, 0.3) is 11.8 Å². The zero-order valence-corrected chi connectivity index (χ0v) is 8.04. The standard InChI is InChI=1S/C12H9NO2/c14-11-9-6-5-7-3-1-2-4-8(7)10(9)12(15)13-11/h1-4H,5-6H2,(H,13,14,15). The maximum Gasteiger partial charge on any atom is 0.259 e. The second kappa shape index (κ2) is 2.79. The SMILES string of the molecule is O=C1NC(=O)C2=C1CCc1ccccc12. The zero-order chi connectivity index (χ0) is 10.4. The minimum Gasteiger partial charge on any atom is -0.288 e. The molecular weight excluding hydrogens is 190 g/mol. The second-order valence-electron chi connectivity index (χ2n) is 3.79. The van der Waals surface area contributed by atoms with Crippen molar-refractivity contribution in [3.8, 4) is 0 Å². The topological polar surface area (TPSA) is 46.2 Å². The quantitative estimate of drug-likeness (QED) is 0.634. The van der Waals surface area contributed by atoms with Crippen LogP contribution in [0.2, 0.25) is 0 Å². The molecule has 2 aliphatic rings. The van der Waals surface area contributed by atoms with Gasteiger partial charge in [0.05, 0.1) is 5.57 Å². The fourth-order valence-corrected chi connectivity index (χ4v) is 2.26. The van der Waals surface area contributed by atoms with Crippen molar-refractivity contribution in [1.82, 2.24) is 5.32 Å². The molecule has 0 saturated carbocycles. The van der Waals surface area contributed by atoms with Gasteiger partial charge in [-0.25, -0.2) is 0 Å². The third-order valence-corrected chi connectivity index (χ3v) is 2.96. The first-order valence-electron chi connectivity index (χ1n) is 4.94. The van der Waals surface area contributed by atoms with Crippen molar-refractivity contribution in [3.63, 3.8) is 0 Å². The van der Waals surface area contributed by atoms with Gasteiger partial charge >= 0.3 is 0 Å². The van der Waals surface area contributed by atoms with E-state index in [1.807, 2.05) is 24.3 Å². The van der Waals surface area contributed by atoms with Crippen molar-refractivity contribution in [2.75, 3.05) is 0 Å². The molecule has 1 N–H and O–H groups in total. The molecule has 0 atom stereocenters. The van der Waals surface area contributed by atoms with E-state index < -0.39 is 0 Å². The lowest BCUT2D eigenvalue weighted by Gasteiger charge is -2.15. The summed E-state index contributed by atoms with van der Waals surface area (Å²) in [6.45, 7) is 0. The van der Waals surface area contributed by atoms with Gasteiger partial charge in [0.2, 0.25) is 0 Å². The van der Waals surface area contributed by atoms with Gasteiger partial charge in [-0.3, -0.25) is 14.9 Å². The Labute approximate surface area is 86.8 Å². The smallest absolute Gasteiger partial charge is 0.259 e. The Bertz CT molecular complexity index is 514. The maximum atomic E-state index is 11.6. The van der Waals surface area contributed by atoms with Crippen LogP contribution < -0.4 is 5.32 Å². The molecule has 0 spiro atoms. The molecule has 0 saturated heterocycles. The normalized spacial score (nSPS) is 18.7. The van der Waals surface area contributed by atoms with Crippen LogP contribution in [0.1, 0.15) is 17.5 Å². The van der Waals surface area contributed by atoms with Gasteiger partial charge in [0, 0.05) is 5.57 Å². The van der Waals surface area contributed by atoms with Crippen LogP contribution in [0.3, 0.4) is 0 Å². The highest BCUT2D eigenvalue weighted by molar-refractivity contribution is 6.36. The van der Waals surface area contributed by atoms with E-state index >= 15 is 0 Å². The van der Waals surface area contributed by atoms with Crippen LogP contribution in [0.25, 0.3) is 5.57 Å². The molecule has 1 aliphatic heterocycles. The Balaban J connectivity index is 2.27. The van der Waals surface area contributed by atoms with Crippen molar-refractivity contribution in [2.24, 2.45) is 0 Å². The van der Waals surface area contributed by atoms with Crippen molar-refractivity contribution in [3.05, 3.63) is 41.0 Å². The molecular formula is C12H9NO2. The molecule has 3 nitrogen and oxygen atoms in total. The average Bonchev–Trinajstić information content (AvgIpc) is 2.55. The number of fused-ring (bicyclic) bond motifs is 2. The molecule has 0 aromatic heterocycles. The molecule has 1 aliphatic carbocycles. The summed E-state index contributed by atoms with van der Waals surface area (Å²) in [6.07, 6.45) is 1.51. The maximum absolute atomic E-state index is 11.6. The predicted molar refractivity (Wildman–Crippen MR) is 54.8 cm³/mol. The molecule has 0 bridgehead atoms. The number of carbonyl (C=O) groups excluding carboxylic acids is 2. The van der Waals surface area contributed by atoms with Crippen LogP contribution in [-0.4, -0.2) is 11.8 Å². The van der Waals surface area contributed by atoms with E-state index in [1.165, 1.54) is 0 Å². The summed E-state index contributed by atoms with van der Waals surface area (Å²) >= 11 is 0. The minimum absolute atomic E-state index is 0.218. The zero-order valence-electron chi connectivity index (χ0n) is 8.04. The van der Waals surface area contributed by atoms with Crippen LogP contribution in [0, 0.1) is 0 Å². The van der Waals surface area contributed by atoms with Crippen molar-refractivity contribution in [2.45, 2.75) is 12.8 Å². The molecule has 15 heavy (non-hydrogen) atoms. The number of nitrogens with one attached hydrogen (secondary N) is 1. The number of rotatable bonds is 0. The molecule has 2 amide bonds. The number of imide groups is 1. The number of hydrogen-bond acceptors (Lipinski definition) is 2. The Kier molecular flexibility index (Phi) is 1.57. The van der Waals surface area contributed by atoms with Gasteiger partial charge in [0.1, 0.15) is 0 Å². The predicted octanol–water partition coefficient (Wildman–Crippen LogP) is 1.04. The summed E-state index contributed by atoms with van der Waals surface area (Å²) in [5.74, 6) is -0.466. The number of hydrogen-bond donors (Lipinski definition) is 1. The molecule has 0 unspecified atom stereocenters. The number of carbonyl (C=O) groups is 2. The molecule has 3 heteroatoms. The van der Waals surface area contributed by atoms with E-state index in [1.54, 1.807) is 0 Å². The van der Waals surface area contributed by atoms with Crippen LogP contribution in [0.15, 0.2) is 29.8 Å². The van der Waals surface area contributed by atoms with Crippen LogP contribution in [0.4, 0.5) is 0 Å². The lowest BCUT2D eigenvalue weighted by molar-refractivity contribution is -0.123. The molecule has 0 radical (unpaired) electrons. The van der Waals surface area contributed by atoms with Crippen molar-refractivity contribution < 1.29 is 9.59 Å². The summed E-state index contributed by atoms with van der Waals surface area (Å²) in [5, 5.41) is 2.35. The van der Waals surface area contributed by atoms with Crippen molar-refractivity contribution >= 4 is 17.4 Å². The van der Waals surface area contributed by atoms with Gasteiger partial charge in [0.15, 0.2) is 0 Å². The molecule has 0 fully saturated rings. The molecule has 74 valence electrons. The largest absolute Gasteiger partial charge is 0.288 e. The van der Waals surface area contributed by atoms with Crippen LogP contribution >= 0.6 is 0 Å². The fraction of sp³-hybridized carbons (Fsp3) is 0.167. The fourth-order valence-electron chi connectivity index (χ4n) is 2.26. The lowest BCUT2D eigenvalue weighted by Crippen LogP contribution is -2.22. The molecule has 1 aromatic carbocycles. The highest BCUT2D eigenvalue weighted by atomic mass is 16.2. The Hall–Kier alpha value is -1.90. The van der Waals surface area contributed by atoms with E-state index in [0.29, 0.717) is 17.6 Å². The van der Waals surface area contributed by atoms with Gasteiger partial charge in [-0.2, -0.15) is 0 Å². The summed E-state index contributed by atoms with van der Waals surface area (Å²) in [7, 11) is 0. The molecule has 1 heterocycles. The van der Waals surface area contributed by atoms with Crippen molar-refractivity contribution in [1.29, 1.82) is 0 Å². The van der Waals surface area contributed by atoms with E-state index in [9.17, 15) is 9.59 Å². The summed E-state index contributed by atoms with van der Waals surface area (Å²) in [4.78, 5) is 23.0. The molecule has 1 aromatic rings. The first-order chi connectivity index (χ1) is 7.27. The highest BCUT2D eigenvalue weighted by Gasteiger charge is 2.34. The summed E-state index contributed by atoms with van der Waals surface area (Å²) in [6, 6.07) is 7.76. The summed E-state index contributed by atoms with van der Waals surface area (Å²) < 4.78 is 0. The number of amides is 2. The Morgan fingerprint density at radius 3 is 2.67 bits per heavy atom. The highest BCUT2D eigenvalue weighted by Crippen LogP contribution is 2.34. The Morgan fingerprint density at radius 2 is 1.80 bits per heavy atom. The first-order valence-corrected chi connectivity index (χ1v) is 4.94. The monoisotopic (exact) mass is 199 g/mol. The van der Waals surface area contributed by atoms with Gasteiger partial charge in [-0.05, 0) is 24.0 Å². The minimum atomic E-state index is -0.248. The first kappa shape index (κ1) is 8.41. The number of aryl methyl sites for hydroxylation is 1. The van der Waals surface area contributed by atoms with E-state index in [-0.39, 0.29) is 11.8 Å². The molecule has 3 rings (SSSR count). The van der Waals surface area contributed by atoms with E-state index in [2.05, 4.69) is 5.32 Å². The second-order valence-corrected chi connectivity index (χ2v) is 3.79. The lowest BCUT2D eigenvalue weighted by atomic mass is 9.87. The van der Waals surface area contributed by atoms with Gasteiger partial charge in [-0.1, -0.05) is 24.3 Å². The summed E-state index contributed by atoms with van der Waals surface area (Å²) in [5.41, 5.74) is 3.31.